The van der Waals surface area contributed by atoms with Crippen LogP contribution in [0, 0.1) is 6.92 Å². The van der Waals surface area contributed by atoms with Crippen molar-refractivity contribution in [2.45, 2.75) is 6.92 Å². The van der Waals surface area contributed by atoms with Crippen molar-refractivity contribution < 1.29 is 4.79 Å². The standard InChI is InChI=1S/C21H21N7O/c1-16-23-19(14-20(24-16)28-8-4-6-22-28)25-9-11-26(12-10-25)21(29)17-13-18-5-2-3-7-27(18)15-17/h2-8,13-15H,9-12H2,1H3. The van der Waals surface area contributed by atoms with Gasteiger partial charge in [-0.05, 0) is 31.2 Å². The van der Waals surface area contributed by atoms with Gasteiger partial charge >= 0.3 is 0 Å². The Balaban J connectivity index is 1.31. The van der Waals surface area contributed by atoms with Gasteiger partial charge in [-0.25, -0.2) is 14.6 Å². The normalized spacial score (nSPS) is 14.5. The molecule has 146 valence electrons. The smallest absolute Gasteiger partial charge is 0.255 e. The van der Waals surface area contributed by atoms with E-state index in [-0.39, 0.29) is 5.91 Å². The highest BCUT2D eigenvalue weighted by Crippen LogP contribution is 2.19. The zero-order valence-corrected chi connectivity index (χ0v) is 16.1. The minimum absolute atomic E-state index is 0.0736. The van der Waals surface area contributed by atoms with E-state index < -0.39 is 0 Å². The van der Waals surface area contributed by atoms with Crippen LogP contribution >= 0.6 is 0 Å². The Morgan fingerprint density at radius 1 is 0.966 bits per heavy atom. The van der Waals surface area contributed by atoms with E-state index in [4.69, 9.17) is 0 Å². The quantitative estimate of drug-likeness (QED) is 0.539. The average Bonchev–Trinajstić information content (AvgIpc) is 3.43. The number of piperazine rings is 1. The van der Waals surface area contributed by atoms with Crippen LogP contribution in [0.3, 0.4) is 0 Å². The number of carbonyl (C=O) groups is 1. The molecule has 1 fully saturated rings. The van der Waals surface area contributed by atoms with Gasteiger partial charge in [0.2, 0.25) is 0 Å². The Kier molecular flexibility index (Phi) is 4.23. The Bertz CT molecular complexity index is 1120. The van der Waals surface area contributed by atoms with Crippen molar-refractivity contribution in [3.05, 3.63) is 72.6 Å². The number of nitrogens with zero attached hydrogens (tertiary/aromatic N) is 7. The summed E-state index contributed by atoms with van der Waals surface area (Å²) in [6, 6.07) is 11.7. The van der Waals surface area contributed by atoms with Crippen molar-refractivity contribution in [2.75, 3.05) is 31.1 Å². The second-order valence-corrected chi connectivity index (χ2v) is 7.12. The molecule has 1 aliphatic rings. The topological polar surface area (TPSA) is 71.6 Å². The summed E-state index contributed by atoms with van der Waals surface area (Å²) in [5.74, 6) is 2.39. The van der Waals surface area contributed by atoms with E-state index in [1.807, 2.05) is 71.2 Å². The molecular formula is C21H21N7O. The van der Waals surface area contributed by atoms with Crippen molar-refractivity contribution in [3.63, 3.8) is 0 Å². The Morgan fingerprint density at radius 2 is 1.79 bits per heavy atom. The number of hydrogen-bond donors (Lipinski definition) is 0. The van der Waals surface area contributed by atoms with Crippen LogP contribution in [0.25, 0.3) is 11.3 Å². The van der Waals surface area contributed by atoms with Crippen LogP contribution < -0.4 is 4.90 Å². The predicted octanol–water partition coefficient (Wildman–Crippen LogP) is 2.19. The Hall–Kier alpha value is -3.68. The van der Waals surface area contributed by atoms with Crippen LogP contribution in [0.1, 0.15) is 16.2 Å². The average molecular weight is 387 g/mol. The molecule has 0 aliphatic carbocycles. The molecule has 0 spiro atoms. The first kappa shape index (κ1) is 17.4. The van der Waals surface area contributed by atoms with E-state index in [9.17, 15) is 4.79 Å². The van der Waals surface area contributed by atoms with Crippen LogP contribution in [0.5, 0.6) is 0 Å². The molecule has 0 atom stereocenters. The van der Waals surface area contributed by atoms with Gasteiger partial charge in [0.15, 0.2) is 5.82 Å². The molecule has 0 radical (unpaired) electrons. The molecule has 4 aromatic heterocycles. The molecule has 1 saturated heterocycles. The maximum atomic E-state index is 12.9. The van der Waals surface area contributed by atoms with Gasteiger partial charge < -0.3 is 14.2 Å². The molecular weight excluding hydrogens is 366 g/mol. The number of pyridine rings is 1. The molecule has 4 aromatic rings. The molecule has 1 amide bonds. The SMILES string of the molecule is Cc1nc(N2CCN(C(=O)c3cc4ccccn4c3)CC2)cc(-n2cccn2)n1. The third-order valence-corrected chi connectivity index (χ3v) is 5.19. The summed E-state index contributed by atoms with van der Waals surface area (Å²) < 4.78 is 3.71. The number of aryl methyl sites for hydroxylation is 1. The highest BCUT2D eigenvalue weighted by atomic mass is 16.2. The number of carbonyl (C=O) groups excluding carboxylic acids is 1. The fourth-order valence-electron chi connectivity index (χ4n) is 3.71. The summed E-state index contributed by atoms with van der Waals surface area (Å²) in [5, 5.41) is 4.25. The lowest BCUT2D eigenvalue weighted by Crippen LogP contribution is -2.49. The number of anilines is 1. The summed E-state index contributed by atoms with van der Waals surface area (Å²) in [5.41, 5.74) is 1.75. The van der Waals surface area contributed by atoms with Crippen molar-refractivity contribution in [1.82, 2.24) is 29.0 Å². The largest absolute Gasteiger partial charge is 0.353 e. The van der Waals surface area contributed by atoms with E-state index >= 15 is 0 Å². The van der Waals surface area contributed by atoms with Gasteiger partial charge in [-0.2, -0.15) is 5.10 Å². The highest BCUT2D eigenvalue weighted by molar-refractivity contribution is 5.95. The Labute approximate surface area is 168 Å². The first-order valence-corrected chi connectivity index (χ1v) is 9.64. The molecule has 1 aliphatic heterocycles. The summed E-state index contributed by atoms with van der Waals surface area (Å²) >= 11 is 0. The van der Waals surface area contributed by atoms with Crippen molar-refractivity contribution in [1.29, 1.82) is 0 Å². The van der Waals surface area contributed by atoms with E-state index in [2.05, 4.69) is 20.0 Å². The zero-order valence-electron chi connectivity index (χ0n) is 16.1. The van der Waals surface area contributed by atoms with Gasteiger partial charge in [-0.15, -0.1) is 0 Å². The second-order valence-electron chi connectivity index (χ2n) is 7.12. The van der Waals surface area contributed by atoms with E-state index in [0.717, 1.165) is 35.8 Å². The van der Waals surface area contributed by atoms with Gasteiger partial charge in [0, 0.05) is 62.5 Å². The Morgan fingerprint density at radius 3 is 2.55 bits per heavy atom. The van der Waals surface area contributed by atoms with Crippen LogP contribution in [0.2, 0.25) is 0 Å². The van der Waals surface area contributed by atoms with Crippen LogP contribution in [-0.2, 0) is 0 Å². The minimum Gasteiger partial charge on any atom is -0.353 e. The minimum atomic E-state index is 0.0736. The molecule has 8 nitrogen and oxygen atoms in total. The fraction of sp³-hybridized carbons (Fsp3) is 0.238. The van der Waals surface area contributed by atoms with Gasteiger partial charge in [0.1, 0.15) is 11.6 Å². The second kappa shape index (κ2) is 7.05. The molecule has 0 aromatic carbocycles. The third-order valence-electron chi connectivity index (χ3n) is 5.19. The first-order valence-electron chi connectivity index (χ1n) is 9.64. The molecule has 0 unspecified atom stereocenters. The van der Waals surface area contributed by atoms with Gasteiger partial charge in [0.25, 0.3) is 5.91 Å². The monoisotopic (exact) mass is 387 g/mol. The fourth-order valence-corrected chi connectivity index (χ4v) is 3.71. The molecule has 8 heteroatoms. The van der Waals surface area contributed by atoms with Crippen molar-refractivity contribution in [2.24, 2.45) is 0 Å². The lowest BCUT2D eigenvalue weighted by atomic mass is 10.2. The molecule has 5 rings (SSSR count). The molecule has 0 bridgehead atoms. The lowest BCUT2D eigenvalue weighted by Gasteiger charge is -2.35. The summed E-state index contributed by atoms with van der Waals surface area (Å²) in [6.45, 7) is 4.66. The van der Waals surface area contributed by atoms with Crippen LogP contribution in [0.4, 0.5) is 5.82 Å². The number of fused-ring (bicyclic) bond motifs is 1. The summed E-state index contributed by atoms with van der Waals surface area (Å²) in [4.78, 5) is 26.1. The lowest BCUT2D eigenvalue weighted by molar-refractivity contribution is 0.0746. The van der Waals surface area contributed by atoms with Crippen molar-refractivity contribution in [3.8, 4) is 5.82 Å². The molecule has 0 N–H and O–H groups in total. The van der Waals surface area contributed by atoms with Gasteiger partial charge in [-0.1, -0.05) is 6.07 Å². The number of rotatable bonds is 3. The van der Waals surface area contributed by atoms with Crippen molar-refractivity contribution >= 4 is 17.2 Å². The number of hydrogen-bond acceptors (Lipinski definition) is 5. The maximum absolute atomic E-state index is 12.9. The van der Waals surface area contributed by atoms with E-state index in [1.54, 1.807) is 10.9 Å². The summed E-state index contributed by atoms with van der Waals surface area (Å²) in [7, 11) is 0. The van der Waals surface area contributed by atoms with Crippen LogP contribution in [-0.4, -0.2) is 61.1 Å². The van der Waals surface area contributed by atoms with E-state index in [1.165, 1.54) is 0 Å². The zero-order chi connectivity index (χ0) is 19.8. The first-order chi connectivity index (χ1) is 14.2. The predicted molar refractivity (Wildman–Crippen MR) is 109 cm³/mol. The highest BCUT2D eigenvalue weighted by Gasteiger charge is 2.24. The maximum Gasteiger partial charge on any atom is 0.255 e. The molecule has 29 heavy (non-hydrogen) atoms. The molecule has 5 heterocycles. The van der Waals surface area contributed by atoms with Gasteiger partial charge in [0.05, 0.1) is 5.56 Å². The van der Waals surface area contributed by atoms with E-state index in [0.29, 0.717) is 18.9 Å². The number of amides is 1. The van der Waals surface area contributed by atoms with Gasteiger partial charge in [-0.3, -0.25) is 4.79 Å². The summed E-state index contributed by atoms with van der Waals surface area (Å²) in [6.07, 6.45) is 7.45. The number of aromatic nitrogens is 5. The van der Waals surface area contributed by atoms with Crippen LogP contribution in [0.15, 0.2) is 61.2 Å². The third kappa shape index (κ3) is 3.33. The molecule has 0 saturated carbocycles.